The lowest BCUT2D eigenvalue weighted by molar-refractivity contribution is -0.356. The smallest absolute Gasteiger partial charge is 0.355 e. The molecule has 0 amide bonds. The molecule has 0 aromatic carbocycles. The van der Waals surface area contributed by atoms with E-state index in [1.54, 1.807) is 20.8 Å². The summed E-state index contributed by atoms with van der Waals surface area (Å²) in [6.07, 6.45) is 0. The van der Waals surface area contributed by atoms with Gasteiger partial charge in [0, 0.05) is 5.82 Å². The van der Waals surface area contributed by atoms with Crippen molar-refractivity contribution in [2.75, 3.05) is 19.8 Å². The minimum absolute atomic E-state index is 0.215. The normalized spacial score (nSPS) is 12.9. The third kappa shape index (κ3) is 5.27. The summed E-state index contributed by atoms with van der Waals surface area (Å²) in [5, 5.41) is 11.0. The van der Waals surface area contributed by atoms with Crippen molar-refractivity contribution < 1.29 is 23.5 Å². The van der Waals surface area contributed by atoms with E-state index < -0.39 is 13.5 Å². The fourth-order valence-electron chi connectivity index (χ4n) is 0.780. The number of ether oxygens (including phenoxy) is 1. The molecule has 0 saturated carbocycles. The number of hydrogen-bond acceptors (Lipinski definition) is 5. The zero-order chi connectivity index (χ0) is 11.0. The highest BCUT2D eigenvalue weighted by Crippen LogP contribution is 2.50. The van der Waals surface area contributed by atoms with Crippen LogP contribution in [0, 0.1) is 0 Å². The van der Waals surface area contributed by atoms with Crippen LogP contribution in [0.2, 0.25) is 0 Å². The van der Waals surface area contributed by atoms with Crippen molar-refractivity contribution in [1.29, 1.82) is 0 Å². The van der Waals surface area contributed by atoms with E-state index in [0.717, 1.165) is 5.82 Å². The topological polar surface area (TPSA) is 67.8 Å². The van der Waals surface area contributed by atoms with Gasteiger partial charge < -0.3 is 18.9 Å². The van der Waals surface area contributed by atoms with Gasteiger partial charge in [-0.25, -0.2) is 0 Å². The highest BCUT2D eigenvalue weighted by molar-refractivity contribution is 7.57. The summed E-state index contributed by atoms with van der Waals surface area (Å²) < 4.78 is 26.0. The molecule has 0 N–H and O–H groups in total. The van der Waals surface area contributed by atoms with E-state index in [1.807, 2.05) is 0 Å². The molecule has 6 heteroatoms. The SMILES string of the molecule is CCO/C([O-])=C\P(=O)(OCC)OCC. The average molecular weight is 223 g/mol. The Bertz CT molecular complexity index is 216. The Morgan fingerprint density at radius 3 is 2.07 bits per heavy atom. The fourth-order valence-corrected chi connectivity index (χ4v) is 2.06. The van der Waals surface area contributed by atoms with Gasteiger partial charge in [0.05, 0.1) is 19.2 Å². The number of rotatable bonds is 7. The molecule has 0 aliphatic rings. The second kappa shape index (κ2) is 6.87. The van der Waals surface area contributed by atoms with Gasteiger partial charge in [-0.15, -0.1) is 0 Å². The predicted molar refractivity (Wildman–Crippen MR) is 50.6 cm³/mol. The molecular formula is C8H16O5P-. The predicted octanol–water partition coefficient (Wildman–Crippen LogP) is 1.45. The van der Waals surface area contributed by atoms with Crippen molar-refractivity contribution in [3.63, 3.8) is 0 Å². The molecule has 0 bridgehead atoms. The number of hydrogen-bond donors (Lipinski definition) is 0. The van der Waals surface area contributed by atoms with E-state index in [0.29, 0.717) is 0 Å². The standard InChI is InChI=1S/C8H17O5P/c1-4-11-8(9)7-14(10,12-5-2)13-6-3/h7,9H,4-6H2,1-3H3/p-1/b8-7-. The zero-order valence-electron chi connectivity index (χ0n) is 8.69. The Kier molecular flexibility index (Phi) is 6.62. The Hall–Kier alpha value is -0.510. The monoisotopic (exact) mass is 223 g/mol. The van der Waals surface area contributed by atoms with E-state index in [2.05, 4.69) is 4.74 Å². The fraction of sp³-hybridized carbons (Fsp3) is 0.750. The van der Waals surface area contributed by atoms with Crippen LogP contribution in [-0.4, -0.2) is 19.8 Å². The molecule has 14 heavy (non-hydrogen) atoms. The summed E-state index contributed by atoms with van der Waals surface area (Å²) in [5.41, 5.74) is 0. The summed E-state index contributed by atoms with van der Waals surface area (Å²) in [5.74, 6) is 0.182. The van der Waals surface area contributed by atoms with Gasteiger partial charge in [0.25, 0.3) is 0 Å². The van der Waals surface area contributed by atoms with Crippen molar-refractivity contribution >= 4 is 7.60 Å². The van der Waals surface area contributed by atoms with Gasteiger partial charge in [-0.2, -0.15) is 0 Å². The Morgan fingerprint density at radius 2 is 1.71 bits per heavy atom. The third-order valence-corrected chi connectivity index (χ3v) is 2.93. The molecule has 0 aromatic rings. The van der Waals surface area contributed by atoms with E-state index in [4.69, 9.17) is 9.05 Å². The lowest BCUT2D eigenvalue weighted by Crippen LogP contribution is -2.08. The van der Waals surface area contributed by atoms with Crippen LogP contribution in [0.1, 0.15) is 20.8 Å². The van der Waals surface area contributed by atoms with Crippen molar-refractivity contribution in [3.8, 4) is 0 Å². The molecule has 0 fully saturated rings. The van der Waals surface area contributed by atoms with Gasteiger partial charge in [0.1, 0.15) is 0 Å². The molecule has 0 heterocycles. The Morgan fingerprint density at radius 1 is 1.21 bits per heavy atom. The summed E-state index contributed by atoms with van der Waals surface area (Å²) >= 11 is 0. The lowest BCUT2D eigenvalue weighted by atomic mass is 10.8. The largest absolute Gasteiger partial charge is 0.613 e. The average Bonchev–Trinajstić information content (AvgIpc) is 2.04. The molecule has 0 atom stereocenters. The molecule has 84 valence electrons. The van der Waals surface area contributed by atoms with Crippen molar-refractivity contribution in [2.24, 2.45) is 0 Å². The summed E-state index contributed by atoms with van der Waals surface area (Å²) in [7, 11) is -3.40. The van der Waals surface area contributed by atoms with E-state index in [1.165, 1.54) is 0 Å². The van der Waals surface area contributed by atoms with Gasteiger partial charge in [0.15, 0.2) is 0 Å². The molecule has 0 aliphatic heterocycles. The van der Waals surface area contributed by atoms with Crippen LogP contribution >= 0.6 is 7.60 Å². The first kappa shape index (κ1) is 13.5. The van der Waals surface area contributed by atoms with Crippen LogP contribution in [0.5, 0.6) is 0 Å². The van der Waals surface area contributed by atoms with Crippen LogP contribution in [0.15, 0.2) is 11.8 Å². The quantitative estimate of drug-likeness (QED) is 0.482. The van der Waals surface area contributed by atoms with E-state index in [9.17, 15) is 9.67 Å². The first-order valence-corrected chi connectivity index (χ1v) is 6.10. The van der Waals surface area contributed by atoms with Gasteiger partial charge in [0.2, 0.25) is 0 Å². The van der Waals surface area contributed by atoms with Crippen molar-refractivity contribution in [1.82, 2.24) is 0 Å². The first-order chi connectivity index (χ1) is 6.58. The summed E-state index contributed by atoms with van der Waals surface area (Å²) in [4.78, 5) is 0. The Balaban J connectivity index is 4.48. The highest BCUT2D eigenvalue weighted by Gasteiger charge is 2.19. The van der Waals surface area contributed by atoms with Crippen LogP contribution < -0.4 is 5.11 Å². The third-order valence-electron chi connectivity index (χ3n) is 1.17. The minimum atomic E-state index is -3.40. The zero-order valence-corrected chi connectivity index (χ0v) is 9.58. The molecule has 5 nitrogen and oxygen atoms in total. The second-order valence-electron chi connectivity index (χ2n) is 2.26. The summed E-state index contributed by atoms with van der Waals surface area (Å²) in [6, 6.07) is 0. The van der Waals surface area contributed by atoms with Gasteiger partial charge >= 0.3 is 7.60 Å². The van der Waals surface area contributed by atoms with Crippen molar-refractivity contribution in [2.45, 2.75) is 20.8 Å². The molecule has 0 aliphatic carbocycles. The molecular weight excluding hydrogens is 207 g/mol. The molecule has 0 rings (SSSR count). The van der Waals surface area contributed by atoms with Gasteiger partial charge in [-0.3, -0.25) is 4.57 Å². The highest BCUT2D eigenvalue weighted by atomic mass is 31.2. The van der Waals surface area contributed by atoms with Crippen LogP contribution in [0.25, 0.3) is 0 Å². The molecule has 0 unspecified atom stereocenters. The first-order valence-electron chi connectivity index (χ1n) is 4.49. The van der Waals surface area contributed by atoms with Gasteiger partial charge in [-0.1, -0.05) is 6.92 Å². The maximum atomic E-state index is 11.7. The molecule has 0 spiro atoms. The van der Waals surface area contributed by atoms with Crippen LogP contribution in [-0.2, 0) is 18.3 Å². The molecule has 0 radical (unpaired) electrons. The Labute approximate surface area is 84.2 Å². The van der Waals surface area contributed by atoms with Crippen LogP contribution in [0.4, 0.5) is 0 Å². The minimum Gasteiger partial charge on any atom is -0.613 e. The maximum Gasteiger partial charge on any atom is 0.355 e. The molecule has 0 saturated heterocycles. The second-order valence-corrected chi connectivity index (χ2v) is 4.11. The summed E-state index contributed by atoms with van der Waals surface area (Å²) in [6.45, 7) is 5.67. The van der Waals surface area contributed by atoms with Gasteiger partial charge in [-0.05, 0) is 20.5 Å². The van der Waals surface area contributed by atoms with Crippen LogP contribution in [0.3, 0.4) is 0 Å². The van der Waals surface area contributed by atoms with Crippen molar-refractivity contribution in [3.05, 3.63) is 11.8 Å². The molecule has 0 aromatic heterocycles. The van der Waals surface area contributed by atoms with E-state index >= 15 is 0 Å². The van der Waals surface area contributed by atoms with E-state index in [-0.39, 0.29) is 19.8 Å². The maximum absolute atomic E-state index is 11.7. The lowest BCUT2D eigenvalue weighted by Gasteiger charge is -2.17.